The highest BCUT2D eigenvalue weighted by Gasteiger charge is 2.42. The predicted octanol–water partition coefficient (Wildman–Crippen LogP) is 3.85. The van der Waals surface area contributed by atoms with Crippen molar-refractivity contribution in [3.63, 3.8) is 0 Å². The lowest BCUT2D eigenvalue weighted by molar-refractivity contribution is -0.184. The molecule has 2 aliphatic rings. The van der Waals surface area contributed by atoms with E-state index in [-0.39, 0.29) is 36.4 Å². The van der Waals surface area contributed by atoms with Crippen molar-refractivity contribution in [3.05, 3.63) is 34.9 Å². The molecule has 3 rings (SSSR count). The third-order valence-electron chi connectivity index (χ3n) is 5.25. The molecule has 1 atom stereocenters. The van der Waals surface area contributed by atoms with Gasteiger partial charge in [0.1, 0.15) is 0 Å². The van der Waals surface area contributed by atoms with Gasteiger partial charge >= 0.3 is 6.18 Å². The summed E-state index contributed by atoms with van der Waals surface area (Å²) < 4.78 is 67.1. The molecule has 2 aliphatic heterocycles. The summed E-state index contributed by atoms with van der Waals surface area (Å²) in [6.45, 7) is 1.09. The van der Waals surface area contributed by atoms with Crippen molar-refractivity contribution < 1.29 is 26.7 Å². The zero-order chi connectivity index (χ0) is 18.9. The van der Waals surface area contributed by atoms with E-state index in [1.165, 1.54) is 6.07 Å². The molecule has 0 aliphatic carbocycles. The molecule has 0 spiro atoms. The van der Waals surface area contributed by atoms with Crippen molar-refractivity contribution in [3.8, 4) is 0 Å². The molecule has 1 amide bonds. The number of likely N-dealkylation sites (tertiary alicyclic amines) is 1. The van der Waals surface area contributed by atoms with Crippen molar-refractivity contribution in [1.82, 2.24) is 10.2 Å². The standard InChI is InChI=1S/C18H21F5N2O/c19-15-9-12(8-14(16(15)20)11-3-5-24-6-4-11)17(26)25-7-1-2-13(10-25)18(21,22)23/h8-9,11,13,24H,1-7,10H2. The number of hydrogen-bond donors (Lipinski definition) is 1. The minimum Gasteiger partial charge on any atom is -0.338 e. The minimum atomic E-state index is -4.37. The Morgan fingerprint density at radius 1 is 1.12 bits per heavy atom. The number of piperidine rings is 2. The van der Waals surface area contributed by atoms with Crippen LogP contribution in [0.3, 0.4) is 0 Å². The molecule has 8 heteroatoms. The molecule has 26 heavy (non-hydrogen) atoms. The molecule has 0 saturated carbocycles. The Morgan fingerprint density at radius 3 is 2.46 bits per heavy atom. The van der Waals surface area contributed by atoms with Gasteiger partial charge in [-0.25, -0.2) is 8.78 Å². The van der Waals surface area contributed by atoms with Crippen LogP contribution in [0.2, 0.25) is 0 Å². The quantitative estimate of drug-likeness (QED) is 0.796. The summed E-state index contributed by atoms with van der Waals surface area (Å²) in [6.07, 6.45) is -2.92. The lowest BCUT2D eigenvalue weighted by Crippen LogP contribution is -2.44. The second-order valence-corrected chi connectivity index (χ2v) is 7.02. The van der Waals surface area contributed by atoms with Crippen molar-refractivity contribution in [1.29, 1.82) is 0 Å². The van der Waals surface area contributed by atoms with Gasteiger partial charge in [0.2, 0.25) is 0 Å². The molecule has 2 saturated heterocycles. The summed E-state index contributed by atoms with van der Waals surface area (Å²) >= 11 is 0. The number of benzene rings is 1. The summed E-state index contributed by atoms with van der Waals surface area (Å²) in [5, 5.41) is 3.13. The fourth-order valence-electron chi connectivity index (χ4n) is 3.78. The fraction of sp³-hybridized carbons (Fsp3) is 0.611. The van der Waals surface area contributed by atoms with Gasteiger partial charge in [0.25, 0.3) is 5.91 Å². The highest BCUT2D eigenvalue weighted by Crippen LogP contribution is 2.34. The molecule has 144 valence electrons. The Balaban J connectivity index is 1.84. The maximum absolute atomic E-state index is 14.2. The first-order valence-electron chi connectivity index (χ1n) is 8.83. The third kappa shape index (κ3) is 4.00. The maximum atomic E-state index is 14.2. The number of nitrogens with zero attached hydrogens (tertiary/aromatic N) is 1. The summed E-state index contributed by atoms with van der Waals surface area (Å²) in [7, 11) is 0. The molecular formula is C18H21F5N2O. The van der Waals surface area contributed by atoms with E-state index in [0.29, 0.717) is 25.9 Å². The van der Waals surface area contributed by atoms with Crippen LogP contribution in [0.15, 0.2) is 12.1 Å². The normalized spacial score (nSPS) is 22.5. The van der Waals surface area contributed by atoms with Crippen LogP contribution in [0, 0.1) is 17.6 Å². The Morgan fingerprint density at radius 2 is 1.81 bits per heavy atom. The SMILES string of the molecule is O=C(c1cc(F)c(F)c(C2CCNCC2)c1)N1CCCC(C(F)(F)F)C1. The van der Waals surface area contributed by atoms with Crippen molar-refractivity contribution in [2.45, 2.75) is 37.8 Å². The van der Waals surface area contributed by atoms with Gasteiger partial charge in [0, 0.05) is 18.7 Å². The van der Waals surface area contributed by atoms with Crippen molar-refractivity contribution >= 4 is 5.91 Å². The van der Waals surface area contributed by atoms with Gasteiger partial charge in [-0.1, -0.05) is 0 Å². The van der Waals surface area contributed by atoms with Gasteiger partial charge in [-0.05, 0) is 62.4 Å². The number of carbonyl (C=O) groups is 1. The topological polar surface area (TPSA) is 32.3 Å². The number of halogens is 5. The first-order valence-corrected chi connectivity index (χ1v) is 8.83. The summed E-state index contributed by atoms with van der Waals surface area (Å²) in [5.74, 6) is -4.56. The Hall–Kier alpha value is -1.70. The summed E-state index contributed by atoms with van der Waals surface area (Å²) in [4.78, 5) is 13.7. The fourth-order valence-corrected chi connectivity index (χ4v) is 3.78. The summed E-state index contributed by atoms with van der Waals surface area (Å²) in [6, 6.07) is 2.10. The number of alkyl halides is 3. The molecule has 3 nitrogen and oxygen atoms in total. The lowest BCUT2D eigenvalue weighted by Gasteiger charge is -2.34. The van der Waals surface area contributed by atoms with E-state index in [1.54, 1.807) is 0 Å². The van der Waals surface area contributed by atoms with E-state index in [4.69, 9.17) is 0 Å². The van der Waals surface area contributed by atoms with Crippen LogP contribution in [0.4, 0.5) is 22.0 Å². The first kappa shape index (κ1) is 19.1. The van der Waals surface area contributed by atoms with E-state index in [0.717, 1.165) is 11.0 Å². The van der Waals surface area contributed by atoms with Crippen LogP contribution in [0.1, 0.15) is 47.5 Å². The van der Waals surface area contributed by atoms with Crippen LogP contribution >= 0.6 is 0 Å². The van der Waals surface area contributed by atoms with Gasteiger partial charge in [0.05, 0.1) is 5.92 Å². The van der Waals surface area contributed by atoms with Gasteiger partial charge < -0.3 is 10.2 Å². The lowest BCUT2D eigenvalue weighted by atomic mass is 9.88. The number of carbonyl (C=O) groups excluding carboxylic acids is 1. The Kier molecular flexibility index (Phi) is 5.50. The average Bonchev–Trinajstić information content (AvgIpc) is 2.63. The Bertz CT molecular complexity index is 670. The monoisotopic (exact) mass is 376 g/mol. The molecule has 1 N–H and O–H groups in total. The van der Waals surface area contributed by atoms with Crippen molar-refractivity contribution in [2.24, 2.45) is 5.92 Å². The highest BCUT2D eigenvalue weighted by molar-refractivity contribution is 5.94. The second kappa shape index (κ2) is 7.50. The molecular weight excluding hydrogens is 355 g/mol. The number of hydrogen-bond acceptors (Lipinski definition) is 2. The van der Waals surface area contributed by atoms with Crippen LogP contribution in [0.25, 0.3) is 0 Å². The zero-order valence-corrected chi connectivity index (χ0v) is 14.2. The predicted molar refractivity (Wildman–Crippen MR) is 85.9 cm³/mol. The number of amides is 1. The van der Waals surface area contributed by atoms with E-state index >= 15 is 0 Å². The smallest absolute Gasteiger partial charge is 0.338 e. The van der Waals surface area contributed by atoms with Gasteiger partial charge in [-0.2, -0.15) is 13.2 Å². The van der Waals surface area contributed by atoms with E-state index in [1.807, 2.05) is 0 Å². The largest absolute Gasteiger partial charge is 0.393 e. The zero-order valence-electron chi connectivity index (χ0n) is 14.2. The molecule has 0 aromatic heterocycles. The minimum absolute atomic E-state index is 0.0224. The van der Waals surface area contributed by atoms with Crippen LogP contribution in [-0.4, -0.2) is 43.2 Å². The molecule has 1 unspecified atom stereocenters. The molecule has 1 aromatic carbocycles. The highest BCUT2D eigenvalue weighted by atomic mass is 19.4. The third-order valence-corrected chi connectivity index (χ3v) is 5.25. The van der Waals surface area contributed by atoms with Crippen molar-refractivity contribution in [2.75, 3.05) is 26.2 Å². The summed E-state index contributed by atoms with van der Waals surface area (Å²) in [5.41, 5.74) is 0.0551. The first-order chi connectivity index (χ1) is 12.3. The van der Waals surface area contributed by atoms with E-state index in [9.17, 15) is 26.7 Å². The van der Waals surface area contributed by atoms with Crippen LogP contribution < -0.4 is 5.32 Å². The molecule has 1 aromatic rings. The molecule has 2 fully saturated rings. The Labute approximate surface area is 148 Å². The van der Waals surface area contributed by atoms with Gasteiger partial charge in [-0.15, -0.1) is 0 Å². The van der Waals surface area contributed by atoms with Gasteiger partial charge in [0.15, 0.2) is 11.6 Å². The van der Waals surface area contributed by atoms with Gasteiger partial charge in [-0.3, -0.25) is 4.79 Å². The van der Waals surface area contributed by atoms with E-state index < -0.39 is 36.2 Å². The number of nitrogens with one attached hydrogen (secondary N) is 1. The van der Waals surface area contributed by atoms with E-state index in [2.05, 4.69) is 5.32 Å². The molecule has 0 bridgehead atoms. The van der Waals surface area contributed by atoms with Crippen LogP contribution in [0.5, 0.6) is 0 Å². The molecule has 0 radical (unpaired) electrons. The maximum Gasteiger partial charge on any atom is 0.393 e. The van der Waals surface area contributed by atoms with Crippen LogP contribution in [-0.2, 0) is 0 Å². The number of rotatable bonds is 2. The average molecular weight is 376 g/mol. The molecule has 2 heterocycles. The second-order valence-electron chi connectivity index (χ2n) is 7.02.